The van der Waals surface area contributed by atoms with Crippen molar-refractivity contribution in [3.05, 3.63) is 35.4 Å². The highest BCUT2D eigenvalue weighted by molar-refractivity contribution is 14.0. The molecule has 8 heteroatoms. The normalized spacial score (nSPS) is 18.4. The number of halogens is 1. The van der Waals surface area contributed by atoms with Gasteiger partial charge in [-0.2, -0.15) is 0 Å². The van der Waals surface area contributed by atoms with Crippen LogP contribution in [0.5, 0.6) is 0 Å². The second-order valence-electron chi connectivity index (χ2n) is 8.35. The van der Waals surface area contributed by atoms with E-state index in [9.17, 15) is 4.79 Å². The zero-order chi connectivity index (χ0) is 21.2. The first-order chi connectivity index (χ1) is 14.6. The van der Waals surface area contributed by atoms with Crippen LogP contribution in [0.15, 0.2) is 29.3 Å². The van der Waals surface area contributed by atoms with Crippen LogP contribution in [-0.2, 0) is 17.9 Å². The Kier molecular flexibility index (Phi) is 11.6. The predicted octanol–water partition coefficient (Wildman–Crippen LogP) is 2.12. The molecule has 2 fully saturated rings. The smallest absolute Gasteiger partial charge is 0.219 e. The SMILES string of the molecule is CN=C(NCCN1CCN(C(C)=O)CC1)NCc1ccc(CN2CCCCC2)cc1.I. The molecule has 2 N–H and O–H groups in total. The van der Waals surface area contributed by atoms with E-state index >= 15 is 0 Å². The minimum absolute atomic E-state index is 0. The van der Waals surface area contributed by atoms with Gasteiger partial charge >= 0.3 is 0 Å². The van der Waals surface area contributed by atoms with E-state index in [4.69, 9.17) is 0 Å². The Balaban J connectivity index is 0.00000341. The van der Waals surface area contributed by atoms with Crippen LogP contribution in [0, 0.1) is 0 Å². The van der Waals surface area contributed by atoms with Crippen LogP contribution in [0.4, 0.5) is 0 Å². The van der Waals surface area contributed by atoms with Crippen molar-refractivity contribution in [2.45, 2.75) is 39.3 Å². The lowest BCUT2D eigenvalue weighted by Gasteiger charge is -2.34. The monoisotopic (exact) mass is 542 g/mol. The molecule has 0 spiro atoms. The number of piperazine rings is 1. The third kappa shape index (κ3) is 8.94. The second-order valence-corrected chi connectivity index (χ2v) is 8.35. The molecular formula is C23H39IN6O. The molecule has 7 nitrogen and oxygen atoms in total. The quantitative estimate of drug-likeness (QED) is 0.314. The molecule has 0 unspecified atom stereocenters. The van der Waals surface area contributed by atoms with Gasteiger partial charge in [0.2, 0.25) is 5.91 Å². The van der Waals surface area contributed by atoms with E-state index in [0.717, 1.165) is 58.3 Å². The molecule has 3 rings (SSSR count). The minimum atomic E-state index is 0. The molecule has 0 radical (unpaired) electrons. The lowest BCUT2D eigenvalue weighted by molar-refractivity contribution is -0.130. The molecule has 1 aromatic rings. The van der Waals surface area contributed by atoms with Gasteiger partial charge in [0, 0.05) is 66.3 Å². The first-order valence-electron chi connectivity index (χ1n) is 11.4. The maximum absolute atomic E-state index is 11.4. The number of aliphatic imine (C=N–C) groups is 1. The summed E-state index contributed by atoms with van der Waals surface area (Å²) in [7, 11) is 1.81. The number of amides is 1. The number of nitrogens with one attached hydrogen (secondary N) is 2. The van der Waals surface area contributed by atoms with E-state index in [1.54, 1.807) is 6.92 Å². The molecule has 0 saturated carbocycles. The molecular weight excluding hydrogens is 503 g/mol. The van der Waals surface area contributed by atoms with Gasteiger partial charge in [0.25, 0.3) is 0 Å². The summed E-state index contributed by atoms with van der Waals surface area (Å²) in [5, 5.41) is 6.80. The molecule has 0 atom stereocenters. The van der Waals surface area contributed by atoms with Crippen LogP contribution in [-0.4, -0.2) is 86.0 Å². The van der Waals surface area contributed by atoms with Gasteiger partial charge < -0.3 is 15.5 Å². The number of carbonyl (C=O) groups is 1. The maximum atomic E-state index is 11.4. The largest absolute Gasteiger partial charge is 0.355 e. The summed E-state index contributed by atoms with van der Waals surface area (Å²) in [5.41, 5.74) is 2.66. The predicted molar refractivity (Wildman–Crippen MR) is 138 cm³/mol. The van der Waals surface area contributed by atoms with Crippen LogP contribution in [0.25, 0.3) is 0 Å². The summed E-state index contributed by atoms with van der Waals surface area (Å²) < 4.78 is 0. The molecule has 2 aliphatic heterocycles. The lowest BCUT2D eigenvalue weighted by atomic mass is 10.1. The number of benzene rings is 1. The minimum Gasteiger partial charge on any atom is -0.355 e. The van der Waals surface area contributed by atoms with Crippen molar-refractivity contribution in [3.63, 3.8) is 0 Å². The number of rotatable bonds is 7. The fraction of sp³-hybridized carbons (Fsp3) is 0.652. The summed E-state index contributed by atoms with van der Waals surface area (Å²) in [5.74, 6) is 1.01. The number of hydrogen-bond acceptors (Lipinski definition) is 4. The van der Waals surface area contributed by atoms with Gasteiger partial charge in [0.05, 0.1) is 0 Å². The molecule has 174 valence electrons. The molecule has 2 aliphatic rings. The van der Waals surface area contributed by atoms with E-state index in [1.165, 1.54) is 43.5 Å². The Morgan fingerprint density at radius 3 is 2.16 bits per heavy atom. The Morgan fingerprint density at radius 1 is 0.903 bits per heavy atom. The number of guanidine groups is 1. The highest BCUT2D eigenvalue weighted by Crippen LogP contribution is 2.13. The summed E-state index contributed by atoms with van der Waals surface area (Å²) in [6.07, 6.45) is 4.05. The van der Waals surface area contributed by atoms with Gasteiger partial charge in [-0.05, 0) is 37.1 Å². The highest BCUT2D eigenvalue weighted by Gasteiger charge is 2.18. The van der Waals surface area contributed by atoms with Crippen LogP contribution in [0.2, 0.25) is 0 Å². The van der Waals surface area contributed by atoms with E-state index < -0.39 is 0 Å². The topological polar surface area (TPSA) is 63.2 Å². The first-order valence-corrected chi connectivity index (χ1v) is 11.4. The highest BCUT2D eigenvalue weighted by atomic mass is 127. The average Bonchev–Trinajstić information content (AvgIpc) is 2.78. The van der Waals surface area contributed by atoms with E-state index in [-0.39, 0.29) is 29.9 Å². The van der Waals surface area contributed by atoms with Crippen molar-refractivity contribution in [1.82, 2.24) is 25.3 Å². The first kappa shape index (κ1) is 25.9. The molecule has 2 heterocycles. The van der Waals surface area contributed by atoms with Gasteiger partial charge in [0.15, 0.2) is 5.96 Å². The standard InChI is InChI=1S/C23H38N6O.HI/c1-20(30)29-16-14-27(15-17-29)13-10-25-23(24-2)26-18-21-6-8-22(9-7-21)19-28-11-4-3-5-12-28;/h6-9H,3-5,10-19H2,1-2H3,(H2,24,25,26);1H. The zero-order valence-electron chi connectivity index (χ0n) is 19.1. The molecule has 1 amide bonds. The van der Waals surface area contributed by atoms with Crippen molar-refractivity contribution in [2.75, 3.05) is 59.4 Å². The van der Waals surface area contributed by atoms with Crippen molar-refractivity contribution in [3.8, 4) is 0 Å². The summed E-state index contributed by atoms with van der Waals surface area (Å²) in [6.45, 7) is 11.3. The lowest BCUT2D eigenvalue weighted by Crippen LogP contribution is -2.50. The number of hydrogen-bond donors (Lipinski definition) is 2. The fourth-order valence-corrected chi connectivity index (χ4v) is 4.16. The third-order valence-electron chi connectivity index (χ3n) is 6.10. The molecule has 0 aromatic heterocycles. The van der Waals surface area contributed by atoms with Crippen LogP contribution < -0.4 is 10.6 Å². The number of likely N-dealkylation sites (tertiary alicyclic amines) is 1. The molecule has 0 bridgehead atoms. The number of carbonyl (C=O) groups excluding carboxylic acids is 1. The molecule has 31 heavy (non-hydrogen) atoms. The second kappa shape index (κ2) is 13.9. The molecule has 0 aliphatic carbocycles. The summed E-state index contributed by atoms with van der Waals surface area (Å²) in [6, 6.07) is 8.94. The van der Waals surface area contributed by atoms with Crippen LogP contribution in [0.1, 0.15) is 37.3 Å². The van der Waals surface area contributed by atoms with Crippen molar-refractivity contribution < 1.29 is 4.79 Å². The Bertz CT molecular complexity index is 682. The van der Waals surface area contributed by atoms with Gasteiger partial charge in [-0.1, -0.05) is 30.7 Å². The fourth-order valence-electron chi connectivity index (χ4n) is 4.16. The molecule has 1 aromatic carbocycles. The zero-order valence-corrected chi connectivity index (χ0v) is 21.4. The van der Waals surface area contributed by atoms with Crippen LogP contribution in [0.3, 0.4) is 0 Å². The van der Waals surface area contributed by atoms with Crippen molar-refractivity contribution in [2.24, 2.45) is 4.99 Å². The van der Waals surface area contributed by atoms with E-state index in [2.05, 4.69) is 49.7 Å². The summed E-state index contributed by atoms with van der Waals surface area (Å²) >= 11 is 0. The maximum Gasteiger partial charge on any atom is 0.219 e. The van der Waals surface area contributed by atoms with Crippen molar-refractivity contribution >= 4 is 35.8 Å². The van der Waals surface area contributed by atoms with Gasteiger partial charge in [0.1, 0.15) is 0 Å². The van der Waals surface area contributed by atoms with Gasteiger partial charge in [-0.15, -0.1) is 24.0 Å². The number of nitrogens with zero attached hydrogens (tertiary/aromatic N) is 4. The van der Waals surface area contributed by atoms with Crippen LogP contribution >= 0.6 is 24.0 Å². The Hall–Kier alpha value is -1.39. The van der Waals surface area contributed by atoms with Gasteiger partial charge in [-0.3, -0.25) is 19.6 Å². The Labute approximate surface area is 204 Å². The van der Waals surface area contributed by atoms with E-state index in [1.807, 2.05) is 11.9 Å². The van der Waals surface area contributed by atoms with E-state index in [0.29, 0.717) is 0 Å². The average molecular weight is 543 g/mol. The number of piperidine rings is 1. The van der Waals surface area contributed by atoms with Gasteiger partial charge in [-0.25, -0.2) is 0 Å². The third-order valence-corrected chi connectivity index (χ3v) is 6.10. The Morgan fingerprint density at radius 2 is 1.55 bits per heavy atom. The van der Waals surface area contributed by atoms with Crippen molar-refractivity contribution in [1.29, 1.82) is 0 Å². The molecule has 2 saturated heterocycles. The summed E-state index contributed by atoms with van der Waals surface area (Å²) in [4.78, 5) is 22.6.